The first-order chi connectivity index (χ1) is 13.2. The number of carbonyl (C=O) groups is 1. The zero-order chi connectivity index (χ0) is 18.8. The molecular formula is C23H15BrClNO. The van der Waals surface area contributed by atoms with Crippen LogP contribution in [0.4, 0.5) is 0 Å². The molecule has 2 nitrogen and oxygen atoms in total. The molecule has 132 valence electrons. The maximum atomic E-state index is 12.6. The van der Waals surface area contributed by atoms with Crippen LogP contribution in [0.15, 0.2) is 78.9 Å². The van der Waals surface area contributed by atoms with E-state index in [4.69, 9.17) is 16.6 Å². The molecular weight excluding hydrogens is 422 g/mol. The zero-order valence-electron chi connectivity index (χ0n) is 14.3. The Morgan fingerprint density at radius 1 is 0.889 bits per heavy atom. The summed E-state index contributed by atoms with van der Waals surface area (Å²) in [5, 5.41) is 1.79. The fourth-order valence-electron chi connectivity index (χ4n) is 3.17. The fraction of sp³-hybridized carbons (Fsp3) is 0.0435. The van der Waals surface area contributed by atoms with Crippen molar-refractivity contribution in [3.05, 3.63) is 89.4 Å². The number of ketones is 1. The molecule has 0 aliphatic carbocycles. The number of aromatic nitrogens is 1. The third kappa shape index (κ3) is 3.53. The molecule has 0 atom stereocenters. The topological polar surface area (TPSA) is 30.0 Å². The molecule has 4 heteroatoms. The van der Waals surface area contributed by atoms with E-state index in [2.05, 4.69) is 28.1 Å². The smallest absolute Gasteiger partial charge is 0.174 e. The number of Topliss-reactive ketones (excluding diaryl/α,β-unsaturated/α-hetero) is 1. The number of para-hydroxylation sites is 1. The lowest BCUT2D eigenvalue weighted by Crippen LogP contribution is -2.03. The first-order valence-electron chi connectivity index (χ1n) is 8.51. The van der Waals surface area contributed by atoms with Crippen molar-refractivity contribution in [2.24, 2.45) is 0 Å². The Balaban J connectivity index is 2.03. The average molecular weight is 437 g/mol. The van der Waals surface area contributed by atoms with Gasteiger partial charge in [0, 0.05) is 27.1 Å². The lowest BCUT2D eigenvalue weighted by Gasteiger charge is -2.12. The number of halogens is 2. The Kier molecular flexibility index (Phi) is 5.06. The highest BCUT2D eigenvalue weighted by Gasteiger charge is 2.16. The highest BCUT2D eigenvalue weighted by atomic mass is 79.9. The van der Waals surface area contributed by atoms with Crippen molar-refractivity contribution in [3.63, 3.8) is 0 Å². The zero-order valence-corrected chi connectivity index (χ0v) is 16.7. The number of carbonyl (C=O) groups excluding carboxylic acids is 1. The molecule has 0 bridgehead atoms. The van der Waals surface area contributed by atoms with Gasteiger partial charge < -0.3 is 0 Å². The second kappa shape index (κ2) is 7.63. The van der Waals surface area contributed by atoms with Gasteiger partial charge in [0.25, 0.3) is 0 Å². The SMILES string of the molecule is O=C(CBr)c1cc(-c2ccc(Cl)cc2)nc2c(-c3ccccc3)cccc12. The van der Waals surface area contributed by atoms with Crippen molar-refractivity contribution in [1.82, 2.24) is 4.98 Å². The Morgan fingerprint density at radius 3 is 2.33 bits per heavy atom. The standard InChI is InChI=1S/C23H15BrClNO/c24-14-22(27)20-13-21(16-9-11-17(25)12-10-16)26-23-18(7-4-8-19(20)23)15-5-2-1-3-6-15/h1-13H,14H2. The van der Waals surface area contributed by atoms with Crippen molar-refractivity contribution in [1.29, 1.82) is 0 Å². The van der Waals surface area contributed by atoms with E-state index < -0.39 is 0 Å². The van der Waals surface area contributed by atoms with Gasteiger partial charge in [0.15, 0.2) is 5.78 Å². The molecule has 0 unspecified atom stereocenters. The molecule has 0 saturated heterocycles. The molecule has 0 radical (unpaired) electrons. The first kappa shape index (κ1) is 17.9. The number of alkyl halides is 1. The maximum Gasteiger partial charge on any atom is 0.174 e. The van der Waals surface area contributed by atoms with E-state index in [1.54, 1.807) is 0 Å². The number of hydrogen-bond donors (Lipinski definition) is 0. The quantitative estimate of drug-likeness (QED) is 0.260. The van der Waals surface area contributed by atoms with Crippen LogP contribution < -0.4 is 0 Å². The van der Waals surface area contributed by atoms with E-state index in [1.807, 2.05) is 66.7 Å². The molecule has 1 heterocycles. The van der Waals surface area contributed by atoms with Crippen molar-refractivity contribution in [3.8, 4) is 22.4 Å². The summed E-state index contributed by atoms with van der Waals surface area (Å²) in [5.74, 6) is 0.0304. The summed E-state index contributed by atoms with van der Waals surface area (Å²) in [6.45, 7) is 0. The van der Waals surface area contributed by atoms with Gasteiger partial charge in [-0.05, 0) is 23.8 Å². The predicted molar refractivity (Wildman–Crippen MR) is 116 cm³/mol. The maximum absolute atomic E-state index is 12.6. The van der Waals surface area contributed by atoms with Crippen LogP contribution in [-0.2, 0) is 0 Å². The summed E-state index contributed by atoms with van der Waals surface area (Å²) in [6.07, 6.45) is 0. The number of rotatable bonds is 4. The molecule has 0 aliphatic rings. The molecule has 0 spiro atoms. The molecule has 27 heavy (non-hydrogen) atoms. The Hall–Kier alpha value is -2.49. The number of hydrogen-bond acceptors (Lipinski definition) is 2. The number of pyridine rings is 1. The third-order valence-corrected chi connectivity index (χ3v) is 5.25. The van der Waals surface area contributed by atoms with E-state index in [0.717, 1.165) is 33.3 Å². The van der Waals surface area contributed by atoms with Crippen LogP contribution in [0.2, 0.25) is 5.02 Å². The van der Waals surface area contributed by atoms with Crippen LogP contribution in [0.1, 0.15) is 10.4 Å². The van der Waals surface area contributed by atoms with Crippen LogP contribution in [-0.4, -0.2) is 16.1 Å². The van der Waals surface area contributed by atoms with E-state index >= 15 is 0 Å². The summed E-state index contributed by atoms with van der Waals surface area (Å²) in [4.78, 5) is 17.5. The van der Waals surface area contributed by atoms with Crippen molar-refractivity contribution >= 4 is 44.2 Å². The molecule has 1 aromatic heterocycles. The van der Waals surface area contributed by atoms with E-state index in [0.29, 0.717) is 10.6 Å². The second-order valence-electron chi connectivity index (χ2n) is 6.19. The minimum absolute atomic E-state index is 0.0304. The summed E-state index contributed by atoms with van der Waals surface area (Å²) in [7, 11) is 0. The number of nitrogens with zero attached hydrogens (tertiary/aromatic N) is 1. The Bertz CT molecular complexity index is 1120. The fourth-order valence-corrected chi connectivity index (χ4v) is 3.60. The van der Waals surface area contributed by atoms with Gasteiger partial charge in [0.05, 0.1) is 16.5 Å². The van der Waals surface area contributed by atoms with Gasteiger partial charge in [-0.25, -0.2) is 4.98 Å². The monoisotopic (exact) mass is 435 g/mol. The van der Waals surface area contributed by atoms with Gasteiger partial charge in [-0.2, -0.15) is 0 Å². The molecule has 4 aromatic rings. The summed E-state index contributed by atoms with van der Waals surface area (Å²) < 4.78 is 0. The molecule has 0 N–H and O–H groups in total. The van der Waals surface area contributed by atoms with Crippen molar-refractivity contribution < 1.29 is 4.79 Å². The molecule has 0 amide bonds. The molecule has 3 aromatic carbocycles. The van der Waals surface area contributed by atoms with Crippen molar-refractivity contribution in [2.75, 3.05) is 5.33 Å². The minimum atomic E-state index is 0.0304. The van der Waals surface area contributed by atoms with Crippen LogP contribution in [0.5, 0.6) is 0 Å². The minimum Gasteiger partial charge on any atom is -0.293 e. The number of benzene rings is 3. The second-order valence-corrected chi connectivity index (χ2v) is 7.18. The first-order valence-corrected chi connectivity index (χ1v) is 10.0. The predicted octanol–water partition coefficient (Wildman–Crippen LogP) is 6.80. The summed E-state index contributed by atoms with van der Waals surface area (Å²) >= 11 is 9.33. The van der Waals surface area contributed by atoms with Gasteiger partial charge in [0.1, 0.15) is 0 Å². The van der Waals surface area contributed by atoms with Gasteiger partial charge in [0.2, 0.25) is 0 Å². The van der Waals surface area contributed by atoms with Crippen LogP contribution in [0.25, 0.3) is 33.3 Å². The largest absolute Gasteiger partial charge is 0.293 e. The van der Waals surface area contributed by atoms with Gasteiger partial charge in [-0.15, -0.1) is 0 Å². The van der Waals surface area contributed by atoms with Gasteiger partial charge in [-0.3, -0.25) is 4.79 Å². The molecule has 0 fully saturated rings. The number of fused-ring (bicyclic) bond motifs is 1. The van der Waals surface area contributed by atoms with Gasteiger partial charge >= 0.3 is 0 Å². The highest BCUT2D eigenvalue weighted by Crippen LogP contribution is 2.32. The van der Waals surface area contributed by atoms with Crippen LogP contribution in [0, 0.1) is 0 Å². The average Bonchev–Trinajstić information content (AvgIpc) is 2.73. The lowest BCUT2D eigenvalue weighted by molar-refractivity contribution is 0.102. The van der Waals surface area contributed by atoms with Crippen LogP contribution in [0.3, 0.4) is 0 Å². The summed E-state index contributed by atoms with van der Waals surface area (Å²) in [6, 6.07) is 25.4. The normalized spacial score (nSPS) is 10.9. The van der Waals surface area contributed by atoms with E-state index in [9.17, 15) is 4.79 Å². The lowest BCUT2D eigenvalue weighted by atomic mass is 9.96. The third-order valence-electron chi connectivity index (χ3n) is 4.49. The molecule has 0 aliphatic heterocycles. The highest BCUT2D eigenvalue weighted by molar-refractivity contribution is 9.09. The van der Waals surface area contributed by atoms with E-state index in [-0.39, 0.29) is 11.1 Å². The Labute approximate surface area is 171 Å². The van der Waals surface area contributed by atoms with Crippen molar-refractivity contribution in [2.45, 2.75) is 0 Å². The van der Waals surface area contributed by atoms with Gasteiger partial charge in [-0.1, -0.05) is 88.2 Å². The molecule has 0 saturated carbocycles. The molecule has 4 rings (SSSR count). The van der Waals surface area contributed by atoms with Crippen LogP contribution >= 0.6 is 27.5 Å². The van der Waals surface area contributed by atoms with E-state index in [1.165, 1.54) is 0 Å². The summed E-state index contributed by atoms with van der Waals surface area (Å²) in [5.41, 5.74) is 5.24. The Morgan fingerprint density at radius 2 is 1.63 bits per heavy atom.